The summed E-state index contributed by atoms with van der Waals surface area (Å²) in [6.07, 6.45) is 0.852. The number of rotatable bonds is 6. The third kappa shape index (κ3) is 4.35. The van der Waals surface area contributed by atoms with Crippen molar-refractivity contribution in [2.75, 3.05) is 6.61 Å². The Morgan fingerprint density at radius 3 is 2.30 bits per heavy atom. The van der Waals surface area contributed by atoms with Crippen LogP contribution in [0.1, 0.15) is 53.4 Å². The predicted octanol–water partition coefficient (Wildman–Crippen LogP) is 4.58. The minimum absolute atomic E-state index is 0.0216. The average Bonchev–Trinajstić information content (AvgIpc) is 2.56. The Morgan fingerprint density at radius 1 is 1.04 bits per heavy atom. The maximum Gasteiger partial charge on any atom is 0.251 e. The lowest BCUT2D eigenvalue weighted by Crippen LogP contribution is -2.28. The fourth-order valence-corrected chi connectivity index (χ4v) is 2.51. The van der Waals surface area contributed by atoms with Gasteiger partial charge in [0.15, 0.2) is 0 Å². The molecule has 1 N–H and O–H groups in total. The first kappa shape index (κ1) is 17.1. The number of nitrogens with one attached hydrogen (secondary N) is 1. The molecule has 0 aliphatic rings. The third-order valence-corrected chi connectivity index (χ3v) is 4.07. The van der Waals surface area contributed by atoms with E-state index in [-0.39, 0.29) is 11.9 Å². The van der Waals surface area contributed by atoms with E-state index in [2.05, 4.69) is 44.3 Å². The van der Waals surface area contributed by atoms with Crippen molar-refractivity contribution >= 4 is 5.91 Å². The lowest BCUT2D eigenvalue weighted by atomic mass is 9.99. The number of carbonyl (C=O) groups is 1. The Labute approximate surface area is 138 Å². The normalized spacial score (nSPS) is 11.8. The van der Waals surface area contributed by atoms with Crippen LogP contribution in [-0.4, -0.2) is 12.5 Å². The number of benzene rings is 2. The van der Waals surface area contributed by atoms with Crippen molar-refractivity contribution < 1.29 is 9.53 Å². The van der Waals surface area contributed by atoms with Crippen LogP contribution >= 0.6 is 0 Å². The highest BCUT2D eigenvalue weighted by atomic mass is 16.5. The molecule has 0 bridgehead atoms. The van der Waals surface area contributed by atoms with Gasteiger partial charge in [-0.1, -0.05) is 25.1 Å². The van der Waals surface area contributed by atoms with E-state index >= 15 is 0 Å². The largest absolute Gasteiger partial charge is 0.494 e. The van der Waals surface area contributed by atoms with Crippen molar-refractivity contribution in [3.8, 4) is 5.75 Å². The molecule has 1 atom stereocenters. The van der Waals surface area contributed by atoms with Gasteiger partial charge < -0.3 is 10.1 Å². The summed E-state index contributed by atoms with van der Waals surface area (Å²) in [4.78, 5) is 12.5. The van der Waals surface area contributed by atoms with Gasteiger partial charge in [0, 0.05) is 5.56 Å². The molecule has 122 valence electrons. The quantitative estimate of drug-likeness (QED) is 0.847. The van der Waals surface area contributed by atoms with Crippen molar-refractivity contribution in [1.82, 2.24) is 5.32 Å². The second-order valence-corrected chi connectivity index (χ2v) is 5.74. The number of ether oxygens (including phenoxy) is 1. The standard InChI is InChI=1S/C20H25NO2/c1-5-19(17-8-7-14(3)15(4)13-17)21-20(22)16-9-11-18(12-10-16)23-6-2/h7-13,19H,5-6H2,1-4H3,(H,21,22)/t19-/m1/s1. The van der Waals surface area contributed by atoms with Gasteiger partial charge in [-0.25, -0.2) is 0 Å². The van der Waals surface area contributed by atoms with Crippen molar-refractivity contribution in [2.24, 2.45) is 0 Å². The zero-order chi connectivity index (χ0) is 16.8. The van der Waals surface area contributed by atoms with E-state index in [4.69, 9.17) is 4.74 Å². The number of carbonyl (C=O) groups excluding carboxylic acids is 1. The van der Waals surface area contributed by atoms with Crippen molar-refractivity contribution in [1.29, 1.82) is 0 Å². The summed E-state index contributed by atoms with van der Waals surface area (Å²) in [5.41, 5.74) is 4.31. The number of aryl methyl sites for hydroxylation is 2. The molecule has 2 aromatic rings. The molecule has 23 heavy (non-hydrogen) atoms. The van der Waals surface area contributed by atoms with E-state index in [0.717, 1.165) is 17.7 Å². The maximum absolute atomic E-state index is 12.5. The Morgan fingerprint density at radius 2 is 1.74 bits per heavy atom. The van der Waals surface area contributed by atoms with Crippen LogP contribution < -0.4 is 10.1 Å². The molecule has 3 nitrogen and oxygen atoms in total. The summed E-state index contributed by atoms with van der Waals surface area (Å²) in [7, 11) is 0. The van der Waals surface area contributed by atoms with Gasteiger partial charge in [-0.05, 0) is 68.1 Å². The summed E-state index contributed by atoms with van der Waals surface area (Å²) in [5.74, 6) is 0.725. The molecule has 1 amide bonds. The summed E-state index contributed by atoms with van der Waals surface area (Å²) in [6.45, 7) is 8.84. The molecule has 0 spiro atoms. The van der Waals surface area contributed by atoms with Crippen LogP contribution in [0.5, 0.6) is 5.75 Å². The van der Waals surface area contributed by atoms with Gasteiger partial charge in [0.05, 0.1) is 12.6 Å². The van der Waals surface area contributed by atoms with E-state index in [0.29, 0.717) is 12.2 Å². The molecule has 0 aromatic heterocycles. The summed E-state index contributed by atoms with van der Waals surface area (Å²) in [5, 5.41) is 3.12. The highest BCUT2D eigenvalue weighted by molar-refractivity contribution is 5.94. The van der Waals surface area contributed by atoms with Gasteiger partial charge in [0.25, 0.3) is 5.91 Å². The van der Waals surface area contributed by atoms with E-state index in [1.54, 1.807) is 12.1 Å². The van der Waals surface area contributed by atoms with E-state index < -0.39 is 0 Å². The first-order chi connectivity index (χ1) is 11.0. The monoisotopic (exact) mass is 311 g/mol. The molecule has 0 aliphatic heterocycles. The molecule has 0 fully saturated rings. The van der Waals surface area contributed by atoms with Gasteiger partial charge in [-0.15, -0.1) is 0 Å². The number of hydrogen-bond donors (Lipinski definition) is 1. The first-order valence-electron chi connectivity index (χ1n) is 8.16. The lowest BCUT2D eigenvalue weighted by Gasteiger charge is -2.19. The zero-order valence-corrected chi connectivity index (χ0v) is 14.3. The van der Waals surface area contributed by atoms with Gasteiger partial charge in [0.2, 0.25) is 0 Å². The number of hydrogen-bond acceptors (Lipinski definition) is 2. The molecular weight excluding hydrogens is 286 g/mol. The van der Waals surface area contributed by atoms with Crippen LogP contribution in [-0.2, 0) is 0 Å². The Hall–Kier alpha value is -2.29. The summed E-state index contributed by atoms with van der Waals surface area (Å²) in [6, 6.07) is 13.6. The smallest absolute Gasteiger partial charge is 0.251 e. The van der Waals surface area contributed by atoms with Gasteiger partial charge in [-0.2, -0.15) is 0 Å². The molecule has 2 rings (SSSR count). The molecular formula is C20H25NO2. The van der Waals surface area contributed by atoms with Crippen molar-refractivity contribution in [2.45, 2.75) is 40.2 Å². The zero-order valence-electron chi connectivity index (χ0n) is 14.3. The van der Waals surface area contributed by atoms with E-state index in [1.807, 2.05) is 19.1 Å². The second-order valence-electron chi connectivity index (χ2n) is 5.74. The minimum atomic E-state index is -0.0573. The van der Waals surface area contributed by atoms with E-state index in [9.17, 15) is 4.79 Å². The Balaban J connectivity index is 2.11. The highest BCUT2D eigenvalue weighted by Gasteiger charge is 2.14. The Kier molecular flexibility index (Phi) is 5.80. The molecule has 3 heteroatoms. The van der Waals surface area contributed by atoms with Crippen LogP contribution in [0, 0.1) is 13.8 Å². The van der Waals surface area contributed by atoms with Crippen LogP contribution in [0.15, 0.2) is 42.5 Å². The van der Waals surface area contributed by atoms with Gasteiger partial charge in [0.1, 0.15) is 5.75 Å². The molecule has 0 radical (unpaired) electrons. The van der Waals surface area contributed by atoms with E-state index in [1.165, 1.54) is 11.1 Å². The fourth-order valence-electron chi connectivity index (χ4n) is 2.51. The van der Waals surface area contributed by atoms with Gasteiger partial charge in [-0.3, -0.25) is 4.79 Å². The van der Waals surface area contributed by atoms with Crippen LogP contribution in [0.2, 0.25) is 0 Å². The molecule has 0 unspecified atom stereocenters. The average molecular weight is 311 g/mol. The summed E-state index contributed by atoms with van der Waals surface area (Å²) < 4.78 is 5.40. The predicted molar refractivity (Wildman–Crippen MR) is 94.0 cm³/mol. The molecule has 0 saturated heterocycles. The number of amides is 1. The first-order valence-corrected chi connectivity index (χ1v) is 8.16. The summed E-state index contributed by atoms with van der Waals surface area (Å²) >= 11 is 0. The van der Waals surface area contributed by atoms with Crippen molar-refractivity contribution in [3.05, 3.63) is 64.7 Å². The third-order valence-electron chi connectivity index (χ3n) is 4.07. The molecule has 2 aromatic carbocycles. The van der Waals surface area contributed by atoms with Crippen LogP contribution in [0.3, 0.4) is 0 Å². The van der Waals surface area contributed by atoms with Crippen molar-refractivity contribution in [3.63, 3.8) is 0 Å². The van der Waals surface area contributed by atoms with Crippen LogP contribution in [0.4, 0.5) is 0 Å². The second kappa shape index (κ2) is 7.82. The fraction of sp³-hybridized carbons (Fsp3) is 0.350. The lowest BCUT2D eigenvalue weighted by molar-refractivity contribution is 0.0935. The SMILES string of the molecule is CCOc1ccc(C(=O)N[C@H](CC)c2ccc(C)c(C)c2)cc1. The topological polar surface area (TPSA) is 38.3 Å². The molecule has 0 aliphatic carbocycles. The highest BCUT2D eigenvalue weighted by Crippen LogP contribution is 2.21. The molecule has 0 saturated carbocycles. The van der Waals surface area contributed by atoms with Crippen LogP contribution in [0.25, 0.3) is 0 Å². The molecule has 0 heterocycles. The minimum Gasteiger partial charge on any atom is -0.494 e. The Bertz CT molecular complexity index is 662. The van der Waals surface area contributed by atoms with Gasteiger partial charge >= 0.3 is 0 Å². The maximum atomic E-state index is 12.5.